The quantitative estimate of drug-likeness (QED) is 0.804. The molecule has 0 bridgehead atoms. The molecule has 0 radical (unpaired) electrons. The molecule has 7 nitrogen and oxygen atoms in total. The van der Waals surface area contributed by atoms with Crippen LogP contribution in [0.4, 0.5) is 11.4 Å². The summed E-state index contributed by atoms with van der Waals surface area (Å²) in [4.78, 5) is 26.9. The summed E-state index contributed by atoms with van der Waals surface area (Å²) in [5.74, 6) is -1.26. The predicted molar refractivity (Wildman–Crippen MR) is 108 cm³/mol. The van der Waals surface area contributed by atoms with E-state index in [0.29, 0.717) is 16.0 Å². The van der Waals surface area contributed by atoms with Crippen molar-refractivity contribution in [2.75, 3.05) is 23.3 Å². The maximum Gasteiger partial charge on any atom is 0.269 e. The maximum absolute atomic E-state index is 12.5. The van der Waals surface area contributed by atoms with Gasteiger partial charge in [-0.15, -0.1) is 0 Å². The lowest BCUT2D eigenvalue weighted by molar-refractivity contribution is -0.116. The van der Waals surface area contributed by atoms with Crippen molar-refractivity contribution in [3.63, 3.8) is 0 Å². The SMILES string of the molecule is CCN(c1ccc(NC(=O)CN2C(=O)c3ccccc3S2(=O)=O)cc1)C(C)C. The Balaban J connectivity index is 1.71. The first kappa shape index (κ1) is 19.9. The van der Waals surface area contributed by atoms with Crippen LogP contribution in [0.1, 0.15) is 31.1 Å². The molecule has 0 saturated carbocycles. The largest absolute Gasteiger partial charge is 0.369 e. The molecule has 0 fully saturated rings. The van der Waals surface area contributed by atoms with Gasteiger partial charge in [0, 0.05) is 24.0 Å². The molecule has 1 aliphatic heterocycles. The zero-order valence-electron chi connectivity index (χ0n) is 16.0. The molecule has 0 aliphatic carbocycles. The lowest BCUT2D eigenvalue weighted by Crippen LogP contribution is -2.37. The van der Waals surface area contributed by atoms with Crippen LogP contribution in [-0.4, -0.2) is 43.7 Å². The molecule has 0 spiro atoms. The summed E-state index contributed by atoms with van der Waals surface area (Å²) in [5.41, 5.74) is 1.66. The molecular weight excluding hydrogens is 378 g/mol. The summed E-state index contributed by atoms with van der Waals surface area (Å²) >= 11 is 0. The van der Waals surface area contributed by atoms with Crippen molar-refractivity contribution in [2.24, 2.45) is 0 Å². The minimum atomic E-state index is -4.00. The average Bonchev–Trinajstić information content (AvgIpc) is 2.85. The van der Waals surface area contributed by atoms with Gasteiger partial charge in [-0.1, -0.05) is 12.1 Å². The van der Waals surface area contributed by atoms with Gasteiger partial charge in [0.05, 0.1) is 5.56 Å². The molecule has 1 N–H and O–H groups in total. The van der Waals surface area contributed by atoms with Crippen LogP contribution in [0.15, 0.2) is 53.4 Å². The van der Waals surface area contributed by atoms with Crippen LogP contribution in [0.5, 0.6) is 0 Å². The van der Waals surface area contributed by atoms with Gasteiger partial charge in [0.2, 0.25) is 5.91 Å². The fourth-order valence-electron chi connectivity index (χ4n) is 3.30. The second kappa shape index (κ2) is 7.63. The van der Waals surface area contributed by atoms with Gasteiger partial charge in [0.15, 0.2) is 0 Å². The summed E-state index contributed by atoms with van der Waals surface area (Å²) in [7, 11) is -4.00. The van der Waals surface area contributed by atoms with Gasteiger partial charge in [-0.25, -0.2) is 12.7 Å². The number of rotatable bonds is 6. The number of fused-ring (bicyclic) bond motifs is 1. The van der Waals surface area contributed by atoms with Crippen molar-refractivity contribution in [1.29, 1.82) is 0 Å². The fourth-order valence-corrected chi connectivity index (χ4v) is 4.83. The molecule has 2 aromatic carbocycles. The van der Waals surface area contributed by atoms with E-state index in [0.717, 1.165) is 12.2 Å². The topological polar surface area (TPSA) is 86.8 Å². The molecule has 0 saturated heterocycles. The highest BCUT2D eigenvalue weighted by Gasteiger charge is 2.41. The van der Waals surface area contributed by atoms with E-state index in [9.17, 15) is 18.0 Å². The van der Waals surface area contributed by atoms with E-state index in [-0.39, 0.29) is 10.5 Å². The highest BCUT2D eigenvalue weighted by atomic mass is 32.2. The van der Waals surface area contributed by atoms with Gasteiger partial charge >= 0.3 is 0 Å². The molecule has 0 aromatic heterocycles. The van der Waals surface area contributed by atoms with E-state index in [1.165, 1.54) is 12.1 Å². The Morgan fingerprint density at radius 2 is 1.75 bits per heavy atom. The molecule has 2 amide bonds. The third kappa shape index (κ3) is 3.60. The highest BCUT2D eigenvalue weighted by Crippen LogP contribution is 2.29. The summed E-state index contributed by atoms with van der Waals surface area (Å²) in [6.07, 6.45) is 0. The van der Waals surface area contributed by atoms with Gasteiger partial charge in [-0.2, -0.15) is 0 Å². The summed E-state index contributed by atoms with van der Waals surface area (Å²) in [6.45, 7) is 6.57. The molecule has 28 heavy (non-hydrogen) atoms. The van der Waals surface area contributed by atoms with Crippen LogP contribution in [0, 0.1) is 0 Å². The summed E-state index contributed by atoms with van der Waals surface area (Å²) < 4.78 is 25.6. The van der Waals surface area contributed by atoms with Gasteiger partial charge < -0.3 is 10.2 Å². The van der Waals surface area contributed by atoms with Crippen LogP contribution in [-0.2, 0) is 14.8 Å². The van der Waals surface area contributed by atoms with Gasteiger partial charge in [0.1, 0.15) is 11.4 Å². The molecule has 1 aliphatic rings. The van der Waals surface area contributed by atoms with E-state index in [4.69, 9.17) is 0 Å². The Bertz CT molecular complexity index is 1000. The second-order valence-electron chi connectivity index (χ2n) is 6.79. The first-order valence-corrected chi connectivity index (χ1v) is 10.5. The first-order chi connectivity index (χ1) is 13.3. The number of carbonyl (C=O) groups is 2. The Morgan fingerprint density at radius 3 is 2.32 bits per heavy atom. The molecule has 8 heteroatoms. The Hall–Kier alpha value is -2.87. The third-order valence-electron chi connectivity index (χ3n) is 4.65. The number of carbonyl (C=O) groups excluding carboxylic acids is 2. The number of anilines is 2. The molecule has 2 aromatic rings. The summed E-state index contributed by atoms with van der Waals surface area (Å²) in [5, 5.41) is 2.65. The number of hydrogen-bond acceptors (Lipinski definition) is 5. The van der Waals surface area contributed by atoms with Crippen molar-refractivity contribution in [2.45, 2.75) is 31.7 Å². The minimum Gasteiger partial charge on any atom is -0.369 e. The van der Waals surface area contributed by atoms with Crippen LogP contribution in [0.2, 0.25) is 0 Å². The van der Waals surface area contributed by atoms with Crippen molar-refractivity contribution in [1.82, 2.24) is 4.31 Å². The van der Waals surface area contributed by atoms with Gasteiger partial charge in [-0.3, -0.25) is 9.59 Å². The van der Waals surface area contributed by atoms with E-state index in [1.807, 2.05) is 12.1 Å². The normalized spacial score (nSPS) is 14.9. The standard InChI is InChI=1S/C20H23N3O4S/c1-4-22(14(2)3)16-11-9-15(10-12-16)21-19(24)13-23-20(25)17-7-5-6-8-18(17)28(23,26)27/h5-12,14H,4,13H2,1-3H3,(H,21,24). The number of amides is 2. The fraction of sp³-hybridized carbons (Fsp3) is 0.300. The number of nitrogens with zero attached hydrogens (tertiary/aromatic N) is 2. The lowest BCUT2D eigenvalue weighted by atomic mass is 10.2. The summed E-state index contributed by atoms with van der Waals surface area (Å²) in [6, 6.07) is 13.6. The van der Waals surface area contributed by atoms with Crippen molar-refractivity contribution in [3.8, 4) is 0 Å². The molecule has 1 heterocycles. The average molecular weight is 401 g/mol. The molecule has 148 valence electrons. The Labute approximate surface area is 165 Å². The molecule has 3 rings (SSSR count). The zero-order chi connectivity index (χ0) is 20.5. The van der Waals surface area contributed by atoms with Crippen LogP contribution < -0.4 is 10.2 Å². The Morgan fingerprint density at radius 1 is 1.11 bits per heavy atom. The highest BCUT2D eigenvalue weighted by molar-refractivity contribution is 7.90. The van der Waals surface area contributed by atoms with Gasteiger partial charge in [0.25, 0.3) is 15.9 Å². The Kier molecular flexibility index (Phi) is 5.42. The van der Waals surface area contributed by atoms with Gasteiger partial charge in [-0.05, 0) is 57.2 Å². The molecule has 0 unspecified atom stereocenters. The van der Waals surface area contributed by atoms with E-state index >= 15 is 0 Å². The minimum absolute atomic E-state index is 0.0644. The van der Waals surface area contributed by atoms with E-state index in [2.05, 4.69) is 31.0 Å². The van der Waals surface area contributed by atoms with Crippen molar-refractivity contribution < 1.29 is 18.0 Å². The lowest BCUT2D eigenvalue weighted by Gasteiger charge is -2.27. The van der Waals surface area contributed by atoms with Crippen LogP contribution >= 0.6 is 0 Å². The number of sulfonamides is 1. The van der Waals surface area contributed by atoms with Crippen LogP contribution in [0.25, 0.3) is 0 Å². The van der Waals surface area contributed by atoms with Crippen molar-refractivity contribution in [3.05, 3.63) is 54.1 Å². The molecular formula is C20H23N3O4S. The monoisotopic (exact) mass is 401 g/mol. The van der Waals surface area contributed by atoms with Crippen molar-refractivity contribution >= 4 is 33.2 Å². The third-order valence-corrected chi connectivity index (χ3v) is 6.43. The zero-order valence-corrected chi connectivity index (χ0v) is 16.9. The van der Waals surface area contributed by atoms with E-state index in [1.54, 1.807) is 24.3 Å². The van der Waals surface area contributed by atoms with Crippen LogP contribution in [0.3, 0.4) is 0 Å². The molecule has 0 atom stereocenters. The number of nitrogens with one attached hydrogen (secondary N) is 1. The number of hydrogen-bond donors (Lipinski definition) is 1. The maximum atomic E-state index is 12.5. The predicted octanol–water partition coefficient (Wildman–Crippen LogP) is 2.70. The number of benzene rings is 2. The first-order valence-electron chi connectivity index (χ1n) is 9.08. The van der Waals surface area contributed by atoms with E-state index < -0.39 is 28.4 Å². The smallest absolute Gasteiger partial charge is 0.269 e. The second-order valence-corrected chi connectivity index (χ2v) is 8.62.